The first kappa shape index (κ1) is 30.6. The lowest BCUT2D eigenvalue weighted by atomic mass is 10.1. The Hall–Kier alpha value is -5.92. The monoisotopic (exact) mass is 578 g/mol. The lowest BCUT2D eigenvalue weighted by Gasteiger charge is -2.27. The maximum absolute atomic E-state index is 13.0. The number of esters is 1. The third-order valence-electron chi connectivity index (χ3n) is 5.65. The molecule has 42 heavy (non-hydrogen) atoms. The van der Waals surface area contributed by atoms with Gasteiger partial charge < -0.3 is 36.3 Å². The zero-order chi connectivity index (χ0) is 30.8. The summed E-state index contributed by atoms with van der Waals surface area (Å²) in [4.78, 5) is 64.4. The second kappa shape index (κ2) is 13.9. The molecule has 14 nitrogen and oxygen atoms in total. The fourth-order valence-corrected chi connectivity index (χ4v) is 3.67. The van der Waals surface area contributed by atoms with Gasteiger partial charge in [-0.25, -0.2) is 24.2 Å². The van der Waals surface area contributed by atoms with Crippen molar-refractivity contribution in [3.8, 4) is 5.75 Å². The molecule has 0 heterocycles. The van der Waals surface area contributed by atoms with Crippen LogP contribution in [0.3, 0.4) is 0 Å². The minimum atomic E-state index is -1.79. The Labute approximate surface area is 238 Å². The van der Waals surface area contributed by atoms with Gasteiger partial charge in [-0.1, -0.05) is 24.3 Å². The lowest BCUT2D eigenvalue weighted by molar-refractivity contribution is -0.149. The van der Waals surface area contributed by atoms with Gasteiger partial charge in [-0.05, 0) is 59.7 Å². The molecule has 0 aliphatic rings. The van der Waals surface area contributed by atoms with Crippen LogP contribution in [0.25, 0.3) is 0 Å². The first-order valence-corrected chi connectivity index (χ1v) is 12.1. The van der Waals surface area contributed by atoms with Crippen LogP contribution < -0.4 is 16.2 Å². The number of ether oxygens (including phenoxy) is 2. The summed E-state index contributed by atoms with van der Waals surface area (Å²) in [5, 5.41) is 28.0. The van der Waals surface area contributed by atoms with Crippen molar-refractivity contribution in [3.63, 3.8) is 0 Å². The highest BCUT2D eigenvalue weighted by Crippen LogP contribution is 2.19. The summed E-state index contributed by atoms with van der Waals surface area (Å²) >= 11 is 0. The molecule has 0 spiro atoms. The number of carbonyl (C=O) groups is 5. The Morgan fingerprint density at radius 2 is 1.50 bits per heavy atom. The maximum Gasteiger partial charge on any atom is 0.411 e. The lowest BCUT2D eigenvalue weighted by Crippen LogP contribution is -2.46. The number of nitrogens with two attached hydrogens (primary N) is 2. The van der Waals surface area contributed by atoms with Crippen molar-refractivity contribution in [2.24, 2.45) is 16.5 Å². The molecule has 0 fully saturated rings. The van der Waals surface area contributed by atoms with E-state index in [1.807, 2.05) is 0 Å². The number of guanidine groups is 1. The van der Waals surface area contributed by atoms with Crippen molar-refractivity contribution < 1.29 is 48.8 Å². The average molecular weight is 579 g/mol. The van der Waals surface area contributed by atoms with E-state index in [0.717, 1.165) is 0 Å². The van der Waals surface area contributed by atoms with Gasteiger partial charge in [0.2, 0.25) is 0 Å². The van der Waals surface area contributed by atoms with Gasteiger partial charge in [0.25, 0.3) is 0 Å². The number of hydrogen-bond donors (Lipinski definition) is 5. The summed E-state index contributed by atoms with van der Waals surface area (Å²) in [6.45, 7) is -0.754. The fraction of sp³-hybridized carbons (Fsp3) is 0.143. The Morgan fingerprint density at radius 1 is 0.833 bits per heavy atom. The molecule has 0 unspecified atom stereocenters. The first-order valence-electron chi connectivity index (χ1n) is 12.1. The number of amides is 1. The topological polar surface area (TPSA) is 232 Å². The van der Waals surface area contributed by atoms with E-state index < -0.39 is 49.0 Å². The Bertz CT molecular complexity index is 1500. The average Bonchev–Trinajstić information content (AvgIpc) is 2.94. The summed E-state index contributed by atoms with van der Waals surface area (Å²) in [6, 6.07) is 15.6. The number of carboxylic acid groups (broad SMARTS) is 3. The fourth-order valence-electron chi connectivity index (χ4n) is 3.67. The standard InChI is InChI=1S/C28H26N4O10/c29-27(30)31-20-8-6-18(7-9-20)26(39)42-21-10-4-16(5-11-21)15-41-28(40)32(22(25(37)38)13-23(33)34)14-17-2-1-3-19(12-17)24(35)36/h1-12,22H,13-15H2,(H,33,34)(H,35,36)(H,37,38)(H4,29,30,31)/t22-/m0/s1. The second-order valence-electron chi connectivity index (χ2n) is 8.76. The maximum atomic E-state index is 13.0. The van der Waals surface area contributed by atoms with Gasteiger partial charge in [0.1, 0.15) is 18.4 Å². The zero-order valence-electron chi connectivity index (χ0n) is 21.9. The molecule has 0 bridgehead atoms. The number of aliphatic carboxylic acids is 2. The van der Waals surface area contributed by atoms with E-state index in [1.165, 1.54) is 72.8 Å². The smallest absolute Gasteiger partial charge is 0.411 e. The summed E-state index contributed by atoms with van der Waals surface area (Å²) < 4.78 is 10.6. The molecule has 1 amide bonds. The number of aromatic carboxylic acids is 1. The Kier molecular flexibility index (Phi) is 10.2. The molecule has 3 aromatic carbocycles. The molecule has 0 saturated heterocycles. The Morgan fingerprint density at radius 3 is 2.07 bits per heavy atom. The van der Waals surface area contributed by atoms with Gasteiger partial charge in [-0.3, -0.25) is 9.69 Å². The molecule has 218 valence electrons. The number of benzene rings is 3. The van der Waals surface area contributed by atoms with Crippen LogP contribution in [0.1, 0.15) is 38.3 Å². The van der Waals surface area contributed by atoms with Crippen LogP contribution in [0.4, 0.5) is 10.5 Å². The van der Waals surface area contributed by atoms with E-state index in [0.29, 0.717) is 16.2 Å². The molecule has 14 heteroatoms. The number of hydrogen-bond acceptors (Lipinski definition) is 8. The second-order valence-corrected chi connectivity index (χ2v) is 8.76. The van der Waals surface area contributed by atoms with Crippen LogP contribution in [0.15, 0.2) is 77.8 Å². The zero-order valence-corrected chi connectivity index (χ0v) is 21.9. The summed E-state index contributed by atoms with van der Waals surface area (Å²) in [7, 11) is 0. The molecule has 0 aliphatic carbocycles. The largest absolute Gasteiger partial charge is 0.481 e. The molecular weight excluding hydrogens is 552 g/mol. The highest BCUT2D eigenvalue weighted by molar-refractivity contribution is 5.91. The van der Waals surface area contributed by atoms with Crippen LogP contribution in [-0.2, 0) is 27.5 Å². The van der Waals surface area contributed by atoms with E-state index in [-0.39, 0.29) is 35.0 Å². The van der Waals surface area contributed by atoms with Crippen molar-refractivity contribution in [1.82, 2.24) is 4.90 Å². The van der Waals surface area contributed by atoms with E-state index in [4.69, 9.17) is 20.9 Å². The molecule has 0 aromatic heterocycles. The Balaban J connectivity index is 1.68. The first-order chi connectivity index (χ1) is 19.9. The van der Waals surface area contributed by atoms with Crippen molar-refractivity contribution in [1.29, 1.82) is 0 Å². The highest BCUT2D eigenvalue weighted by atomic mass is 16.6. The van der Waals surface area contributed by atoms with Gasteiger partial charge in [0, 0.05) is 6.54 Å². The number of carbonyl (C=O) groups excluding carboxylic acids is 2. The predicted octanol–water partition coefficient (Wildman–Crippen LogP) is 2.58. The van der Waals surface area contributed by atoms with Gasteiger partial charge in [0.15, 0.2) is 5.96 Å². The SMILES string of the molecule is NC(N)=Nc1ccc(C(=O)Oc2ccc(COC(=O)N(Cc3cccc(C(=O)O)c3)[C@@H](CC(=O)O)C(=O)O)cc2)cc1. The quantitative estimate of drug-likeness (QED) is 0.0903. The van der Waals surface area contributed by atoms with Gasteiger partial charge >= 0.3 is 30.0 Å². The molecule has 3 aromatic rings. The minimum Gasteiger partial charge on any atom is -0.481 e. The van der Waals surface area contributed by atoms with Crippen LogP contribution >= 0.6 is 0 Å². The molecule has 0 radical (unpaired) electrons. The van der Waals surface area contributed by atoms with Crippen LogP contribution in [-0.4, -0.2) is 62.2 Å². The molecule has 1 atom stereocenters. The van der Waals surface area contributed by atoms with E-state index in [1.54, 1.807) is 0 Å². The molecular formula is C28H26N4O10. The van der Waals surface area contributed by atoms with E-state index >= 15 is 0 Å². The normalized spacial score (nSPS) is 11.0. The minimum absolute atomic E-state index is 0.102. The van der Waals surface area contributed by atoms with Crippen molar-refractivity contribution >= 4 is 41.6 Å². The van der Waals surface area contributed by atoms with Gasteiger partial charge in [-0.15, -0.1) is 0 Å². The molecule has 0 saturated carbocycles. The molecule has 7 N–H and O–H groups in total. The van der Waals surface area contributed by atoms with E-state index in [9.17, 15) is 39.3 Å². The number of carboxylic acids is 3. The van der Waals surface area contributed by atoms with Crippen molar-refractivity contribution in [2.45, 2.75) is 25.6 Å². The molecule has 0 aliphatic heterocycles. The van der Waals surface area contributed by atoms with Gasteiger partial charge in [-0.2, -0.15) is 0 Å². The van der Waals surface area contributed by atoms with Crippen LogP contribution in [0, 0.1) is 0 Å². The van der Waals surface area contributed by atoms with Crippen molar-refractivity contribution in [3.05, 3.63) is 95.1 Å². The number of aliphatic imine (C=N–C) groups is 1. The van der Waals surface area contributed by atoms with E-state index in [2.05, 4.69) is 4.99 Å². The summed E-state index contributed by atoms with van der Waals surface area (Å²) in [5.74, 6) is -4.87. The summed E-state index contributed by atoms with van der Waals surface area (Å²) in [5.41, 5.74) is 11.9. The highest BCUT2D eigenvalue weighted by Gasteiger charge is 2.33. The van der Waals surface area contributed by atoms with Crippen LogP contribution in [0.2, 0.25) is 0 Å². The van der Waals surface area contributed by atoms with Crippen LogP contribution in [0.5, 0.6) is 5.75 Å². The number of rotatable bonds is 12. The molecule has 3 rings (SSSR count). The third kappa shape index (κ3) is 8.81. The third-order valence-corrected chi connectivity index (χ3v) is 5.65. The summed E-state index contributed by atoms with van der Waals surface area (Å²) in [6.07, 6.45) is -2.05. The number of nitrogens with zero attached hydrogens (tertiary/aromatic N) is 2. The predicted molar refractivity (Wildman–Crippen MR) is 146 cm³/mol. The van der Waals surface area contributed by atoms with Crippen molar-refractivity contribution in [2.75, 3.05) is 0 Å². The van der Waals surface area contributed by atoms with Gasteiger partial charge in [0.05, 0.1) is 23.2 Å².